The number of nitrogens with zero attached hydrogens (tertiary/aromatic N) is 2. The number of nitrogens with one attached hydrogen (secondary N) is 1. The predicted molar refractivity (Wildman–Crippen MR) is 99.3 cm³/mol. The Morgan fingerprint density at radius 2 is 1.73 bits per heavy atom. The van der Waals surface area contributed by atoms with Gasteiger partial charge >= 0.3 is 6.09 Å². The Hall–Kier alpha value is -2.39. The zero-order valence-corrected chi connectivity index (χ0v) is 15.5. The first-order valence-electron chi connectivity index (χ1n) is 8.34. The summed E-state index contributed by atoms with van der Waals surface area (Å²) in [4.78, 5) is 23.6. The van der Waals surface area contributed by atoms with Gasteiger partial charge in [0.2, 0.25) is 0 Å². The zero-order chi connectivity index (χ0) is 19.5. The number of nitrogen functional groups attached to an aromatic ring is 1. The van der Waals surface area contributed by atoms with E-state index < -0.39 is 11.9 Å². The number of halogens is 1. The lowest BCUT2D eigenvalue weighted by atomic mass is 10.2. The number of nitrogens with two attached hydrogens (primary N) is 1. The maximum absolute atomic E-state index is 14.3. The molecule has 2 fully saturated rings. The lowest BCUT2D eigenvalue weighted by Gasteiger charge is -2.30. The van der Waals surface area contributed by atoms with Crippen molar-refractivity contribution in [3.8, 4) is 0 Å². The molecule has 8 nitrogen and oxygen atoms in total. The summed E-state index contributed by atoms with van der Waals surface area (Å²) in [6.45, 7) is 4.52. The molecule has 2 aliphatic heterocycles. The van der Waals surface area contributed by atoms with E-state index in [2.05, 4.69) is 5.32 Å². The van der Waals surface area contributed by atoms with E-state index in [1.165, 1.54) is 17.9 Å². The number of aldehydes is 1. The summed E-state index contributed by atoms with van der Waals surface area (Å²) in [5.74, 6) is -0.393. The fourth-order valence-electron chi connectivity index (χ4n) is 2.46. The highest BCUT2D eigenvalue weighted by molar-refractivity contribution is 5.93. The van der Waals surface area contributed by atoms with Crippen molar-refractivity contribution in [2.24, 2.45) is 0 Å². The SMILES string of the molecule is CC=O.CNC.Nc1cc(N2CCOCC2)c(F)cc1N1CCOC1=O. The fraction of sp³-hybridized carbons (Fsp3) is 0.529. The van der Waals surface area contributed by atoms with E-state index in [1.54, 1.807) is 6.07 Å². The van der Waals surface area contributed by atoms with E-state index in [0.717, 1.165) is 6.29 Å². The largest absolute Gasteiger partial charge is 0.447 e. The Balaban J connectivity index is 0.000000499. The van der Waals surface area contributed by atoms with Crippen LogP contribution in [0.1, 0.15) is 6.92 Å². The fourth-order valence-corrected chi connectivity index (χ4v) is 2.46. The number of hydrogen-bond acceptors (Lipinski definition) is 7. The number of hydrogen-bond donors (Lipinski definition) is 2. The van der Waals surface area contributed by atoms with E-state index in [-0.39, 0.29) is 0 Å². The molecule has 0 aliphatic carbocycles. The van der Waals surface area contributed by atoms with E-state index in [4.69, 9.17) is 20.0 Å². The van der Waals surface area contributed by atoms with Crippen LogP contribution in [0.2, 0.25) is 0 Å². The molecule has 0 atom stereocenters. The standard InChI is InChI=1S/C13H16FN3O3.C2H7N.C2H4O/c14-9-7-12(17-3-6-20-13(17)18)10(15)8-11(9)16-1-4-19-5-2-16;1-3-2;1-2-3/h7-8H,1-6,15H2;3H,1-2H3;2H,1H3. The molecule has 0 spiro atoms. The van der Waals surface area contributed by atoms with Gasteiger partial charge in [-0.2, -0.15) is 0 Å². The molecular weight excluding hydrogens is 343 g/mol. The summed E-state index contributed by atoms with van der Waals surface area (Å²) in [7, 11) is 3.75. The van der Waals surface area contributed by atoms with Gasteiger partial charge in [0.25, 0.3) is 0 Å². The van der Waals surface area contributed by atoms with Crippen LogP contribution in [0.3, 0.4) is 0 Å². The van der Waals surface area contributed by atoms with Crippen LogP contribution in [0.15, 0.2) is 12.1 Å². The Bertz CT molecular complexity index is 594. The number of carbonyl (C=O) groups is 2. The van der Waals surface area contributed by atoms with Crippen LogP contribution in [-0.4, -0.2) is 65.9 Å². The summed E-state index contributed by atoms with van der Waals surface area (Å²) in [6, 6.07) is 2.87. The monoisotopic (exact) mass is 370 g/mol. The molecule has 1 aromatic carbocycles. The van der Waals surface area contributed by atoms with Gasteiger partial charge in [0.1, 0.15) is 18.7 Å². The zero-order valence-electron chi connectivity index (χ0n) is 15.5. The van der Waals surface area contributed by atoms with Gasteiger partial charge in [-0.25, -0.2) is 9.18 Å². The lowest BCUT2D eigenvalue weighted by Crippen LogP contribution is -2.37. The third kappa shape index (κ3) is 5.85. The smallest absolute Gasteiger partial charge is 0.414 e. The van der Waals surface area contributed by atoms with Gasteiger partial charge in [-0.1, -0.05) is 0 Å². The molecule has 2 aliphatic rings. The van der Waals surface area contributed by atoms with Gasteiger partial charge in [0.05, 0.1) is 36.8 Å². The number of anilines is 3. The van der Waals surface area contributed by atoms with Crippen molar-refractivity contribution in [2.75, 3.05) is 69.1 Å². The molecule has 3 N–H and O–H groups in total. The highest BCUT2D eigenvalue weighted by atomic mass is 19.1. The average molecular weight is 370 g/mol. The van der Waals surface area contributed by atoms with Crippen molar-refractivity contribution in [3.63, 3.8) is 0 Å². The molecule has 2 heterocycles. The Kier molecular flexibility index (Phi) is 9.38. The topological polar surface area (TPSA) is 97.1 Å². The summed E-state index contributed by atoms with van der Waals surface area (Å²) in [5.41, 5.74) is 7.14. The number of carbonyl (C=O) groups excluding carboxylic acids is 2. The van der Waals surface area contributed by atoms with Crippen LogP contribution in [0.5, 0.6) is 0 Å². The van der Waals surface area contributed by atoms with Crippen molar-refractivity contribution in [1.82, 2.24) is 5.32 Å². The van der Waals surface area contributed by atoms with Crippen molar-refractivity contribution in [1.29, 1.82) is 0 Å². The molecule has 146 valence electrons. The average Bonchev–Trinajstić information content (AvgIpc) is 3.04. The van der Waals surface area contributed by atoms with Crippen molar-refractivity contribution in [2.45, 2.75) is 6.92 Å². The number of ether oxygens (including phenoxy) is 2. The molecule has 26 heavy (non-hydrogen) atoms. The van der Waals surface area contributed by atoms with Crippen LogP contribution in [-0.2, 0) is 14.3 Å². The van der Waals surface area contributed by atoms with Gasteiger partial charge in [-0.05, 0) is 27.1 Å². The third-order valence-corrected chi connectivity index (χ3v) is 3.50. The number of amides is 1. The van der Waals surface area contributed by atoms with Crippen molar-refractivity contribution in [3.05, 3.63) is 17.9 Å². The Morgan fingerprint density at radius 3 is 2.23 bits per heavy atom. The van der Waals surface area contributed by atoms with Gasteiger partial charge in [0, 0.05) is 19.2 Å². The van der Waals surface area contributed by atoms with Crippen molar-refractivity contribution >= 4 is 29.4 Å². The molecule has 0 radical (unpaired) electrons. The lowest BCUT2D eigenvalue weighted by molar-refractivity contribution is -0.106. The maximum atomic E-state index is 14.3. The molecular formula is C17H27FN4O4. The first kappa shape index (κ1) is 21.7. The summed E-state index contributed by atoms with van der Waals surface area (Å²) >= 11 is 0. The molecule has 0 bridgehead atoms. The summed E-state index contributed by atoms with van der Waals surface area (Å²) < 4.78 is 24.4. The summed E-state index contributed by atoms with van der Waals surface area (Å²) in [5, 5.41) is 2.75. The highest BCUT2D eigenvalue weighted by Crippen LogP contribution is 2.33. The van der Waals surface area contributed by atoms with Crippen LogP contribution in [0, 0.1) is 5.82 Å². The second kappa shape index (κ2) is 11.3. The minimum atomic E-state index is -0.491. The van der Waals surface area contributed by atoms with Crippen LogP contribution >= 0.6 is 0 Å². The molecule has 3 rings (SSSR count). The minimum Gasteiger partial charge on any atom is -0.447 e. The number of rotatable bonds is 2. The Labute approximate surface area is 153 Å². The molecule has 0 aromatic heterocycles. The normalized spacial score (nSPS) is 16.1. The summed E-state index contributed by atoms with van der Waals surface area (Å²) in [6.07, 6.45) is 0.259. The number of cyclic esters (lactones) is 1. The van der Waals surface area contributed by atoms with E-state index in [0.29, 0.717) is 56.5 Å². The van der Waals surface area contributed by atoms with E-state index in [1.807, 2.05) is 19.0 Å². The van der Waals surface area contributed by atoms with Crippen LogP contribution in [0.4, 0.5) is 26.2 Å². The molecule has 0 saturated carbocycles. The van der Waals surface area contributed by atoms with Crippen molar-refractivity contribution < 1.29 is 23.5 Å². The van der Waals surface area contributed by atoms with Gasteiger partial charge < -0.3 is 30.2 Å². The van der Waals surface area contributed by atoms with Crippen LogP contribution < -0.4 is 20.9 Å². The van der Waals surface area contributed by atoms with Crippen LogP contribution in [0.25, 0.3) is 0 Å². The van der Waals surface area contributed by atoms with E-state index in [9.17, 15) is 9.18 Å². The predicted octanol–water partition coefficient (Wildman–Crippen LogP) is 1.24. The quantitative estimate of drug-likeness (QED) is 0.597. The second-order valence-electron chi connectivity index (χ2n) is 5.46. The maximum Gasteiger partial charge on any atom is 0.414 e. The minimum absolute atomic E-state index is 0.297. The first-order chi connectivity index (χ1) is 12.5. The van der Waals surface area contributed by atoms with Gasteiger partial charge in [-0.15, -0.1) is 0 Å². The number of benzene rings is 1. The van der Waals surface area contributed by atoms with Gasteiger partial charge in [0.15, 0.2) is 0 Å². The third-order valence-electron chi connectivity index (χ3n) is 3.50. The second-order valence-corrected chi connectivity index (χ2v) is 5.46. The van der Waals surface area contributed by atoms with Gasteiger partial charge in [-0.3, -0.25) is 4.90 Å². The molecule has 0 unspecified atom stereocenters. The molecule has 9 heteroatoms. The molecule has 1 amide bonds. The van der Waals surface area contributed by atoms with E-state index >= 15 is 0 Å². The first-order valence-corrected chi connectivity index (χ1v) is 8.34. The number of morpholine rings is 1. The highest BCUT2D eigenvalue weighted by Gasteiger charge is 2.27. The molecule has 2 saturated heterocycles. The Morgan fingerprint density at radius 1 is 1.15 bits per heavy atom. The molecule has 1 aromatic rings.